The zero-order valence-corrected chi connectivity index (χ0v) is 16.1. The molecule has 1 aromatic heterocycles. The summed E-state index contributed by atoms with van der Waals surface area (Å²) in [6.45, 7) is 8.61. The van der Waals surface area contributed by atoms with Crippen LogP contribution in [0, 0.1) is 6.92 Å². The molecule has 0 spiro atoms. The minimum atomic E-state index is 0.782. The Morgan fingerprint density at radius 3 is 2.76 bits per heavy atom. The van der Waals surface area contributed by atoms with Crippen LogP contribution in [0.4, 0.5) is 0 Å². The minimum absolute atomic E-state index is 0.782. The van der Waals surface area contributed by atoms with Gasteiger partial charge in [-0.25, -0.2) is 0 Å². The third kappa shape index (κ3) is 5.91. The van der Waals surface area contributed by atoms with Crippen LogP contribution in [0.15, 0.2) is 48.0 Å². The van der Waals surface area contributed by atoms with Gasteiger partial charge in [-0.3, -0.25) is 10.1 Å². The maximum atomic E-state index is 5.38. The van der Waals surface area contributed by atoms with Crippen LogP contribution in [0.3, 0.4) is 0 Å². The molecular weight excluding hydrogens is 334 g/mol. The molecule has 0 aliphatic heterocycles. The standard InChI is InChI=1S/C19H23N3O.CH3Cl/c1-5-15(8-7-11-20-6-2)17-13-18(22-21-17)16-10-9-14(3)19(12-16)23-4;1-2/h5-6,8-10,12-13H,1,7,11H2,2-4H3,(H,21,22);1H3/b15-8+,20-6?;. The number of ether oxygens (including phenoxy) is 1. The van der Waals surface area contributed by atoms with Crippen LogP contribution >= 0.6 is 11.6 Å². The van der Waals surface area contributed by atoms with Crippen LogP contribution in [-0.4, -0.2) is 36.4 Å². The summed E-state index contributed by atoms with van der Waals surface area (Å²) in [5, 5.41) is 7.49. The minimum Gasteiger partial charge on any atom is -0.496 e. The first kappa shape index (κ1) is 20.7. The van der Waals surface area contributed by atoms with Gasteiger partial charge in [0.05, 0.1) is 18.5 Å². The van der Waals surface area contributed by atoms with Gasteiger partial charge in [-0.2, -0.15) is 5.10 Å². The zero-order chi connectivity index (χ0) is 18.7. The number of H-pyrrole nitrogens is 1. The van der Waals surface area contributed by atoms with E-state index in [9.17, 15) is 0 Å². The first-order valence-corrected chi connectivity index (χ1v) is 8.80. The van der Waals surface area contributed by atoms with E-state index in [4.69, 9.17) is 4.74 Å². The molecule has 5 heteroatoms. The van der Waals surface area contributed by atoms with E-state index in [-0.39, 0.29) is 0 Å². The Bertz CT molecular complexity index is 732. The molecule has 0 bridgehead atoms. The van der Waals surface area contributed by atoms with Gasteiger partial charge in [0.15, 0.2) is 0 Å². The smallest absolute Gasteiger partial charge is 0.122 e. The van der Waals surface area contributed by atoms with Crippen molar-refractivity contribution in [1.82, 2.24) is 10.2 Å². The van der Waals surface area contributed by atoms with E-state index in [0.717, 1.165) is 46.8 Å². The van der Waals surface area contributed by atoms with E-state index in [1.807, 2.05) is 50.4 Å². The molecule has 0 saturated heterocycles. The normalized spacial score (nSPS) is 11.2. The van der Waals surface area contributed by atoms with Crippen molar-refractivity contribution < 1.29 is 4.74 Å². The number of aliphatic imine (C=N–C) groups is 1. The maximum Gasteiger partial charge on any atom is 0.122 e. The average Bonchev–Trinajstić information content (AvgIpc) is 3.14. The first-order valence-electron chi connectivity index (χ1n) is 8.05. The Balaban J connectivity index is 0.00000151. The summed E-state index contributed by atoms with van der Waals surface area (Å²) in [5.41, 5.74) is 5.01. The molecule has 1 heterocycles. The SMILES string of the molecule is C=C/C(=C\CCN=CC)c1cc(-c2ccc(C)c(OC)c2)n[nH]1.CCl. The molecule has 1 N–H and O–H groups in total. The number of nitrogens with zero attached hydrogens (tertiary/aromatic N) is 2. The summed E-state index contributed by atoms with van der Waals surface area (Å²) in [4.78, 5) is 4.21. The van der Waals surface area contributed by atoms with Crippen molar-refractivity contribution in [1.29, 1.82) is 0 Å². The molecule has 0 aliphatic carbocycles. The molecule has 0 fully saturated rings. The highest BCUT2D eigenvalue weighted by molar-refractivity contribution is 6.15. The van der Waals surface area contributed by atoms with Crippen LogP contribution in [0.5, 0.6) is 5.75 Å². The van der Waals surface area contributed by atoms with Gasteiger partial charge >= 0.3 is 0 Å². The van der Waals surface area contributed by atoms with Crippen molar-refractivity contribution in [2.75, 3.05) is 20.0 Å². The summed E-state index contributed by atoms with van der Waals surface area (Å²) in [6.07, 6.45) is 8.12. The number of hydrogen-bond acceptors (Lipinski definition) is 3. The van der Waals surface area contributed by atoms with E-state index >= 15 is 0 Å². The molecule has 0 atom stereocenters. The Labute approximate surface area is 155 Å². The highest BCUT2D eigenvalue weighted by Gasteiger charge is 2.08. The molecule has 0 amide bonds. The molecular formula is C20H26ClN3O. The molecule has 1 aromatic carbocycles. The Morgan fingerprint density at radius 1 is 1.36 bits per heavy atom. The van der Waals surface area contributed by atoms with E-state index in [0.29, 0.717) is 0 Å². The second-order valence-corrected chi connectivity index (χ2v) is 5.17. The predicted octanol–water partition coefficient (Wildman–Crippen LogP) is 5.30. The van der Waals surface area contributed by atoms with Gasteiger partial charge in [0, 0.05) is 18.5 Å². The molecule has 0 radical (unpaired) electrons. The number of aryl methyl sites for hydroxylation is 1. The summed E-state index contributed by atoms with van der Waals surface area (Å²) >= 11 is 4.64. The quantitative estimate of drug-likeness (QED) is 0.315. The van der Waals surface area contributed by atoms with E-state index in [1.54, 1.807) is 7.11 Å². The van der Waals surface area contributed by atoms with Gasteiger partial charge in [0.25, 0.3) is 0 Å². The fourth-order valence-corrected chi connectivity index (χ4v) is 2.32. The third-order valence-corrected chi connectivity index (χ3v) is 3.62. The zero-order valence-electron chi connectivity index (χ0n) is 15.3. The average molecular weight is 360 g/mol. The van der Waals surface area contributed by atoms with Crippen molar-refractivity contribution in [3.05, 3.63) is 54.3 Å². The lowest BCUT2D eigenvalue weighted by Gasteiger charge is -2.05. The number of rotatable bonds is 7. The van der Waals surface area contributed by atoms with E-state index < -0.39 is 0 Å². The Morgan fingerprint density at radius 2 is 2.12 bits per heavy atom. The molecule has 134 valence electrons. The van der Waals surface area contributed by atoms with E-state index in [1.165, 1.54) is 6.38 Å². The Kier molecular flexibility index (Phi) is 9.33. The number of alkyl halides is 1. The van der Waals surface area contributed by atoms with Crippen molar-refractivity contribution in [3.63, 3.8) is 0 Å². The number of benzene rings is 1. The number of hydrogen-bond donors (Lipinski definition) is 1. The lowest BCUT2D eigenvalue weighted by atomic mass is 10.1. The van der Waals surface area contributed by atoms with Crippen LogP contribution in [-0.2, 0) is 0 Å². The first-order chi connectivity index (χ1) is 12.2. The number of aromatic nitrogens is 2. The van der Waals surface area contributed by atoms with Gasteiger partial charge in [0.1, 0.15) is 5.75 Å². The Hall–Kier alpha value is -2.33. The van der Waals surface area contributed by atoms with Gasteiger partial charge in [-0.15, -0.1) is 11.6 Å². The van der Waals surface area contributed by atoms with Crippen molar-refractivity contribution in [2.45, 2.75) is 20.3 Å². The van der Waals surface area contributed by atoms with Crippen LogP contribution in [0.2, 0.25) is 0 Å². The topological polar surface area (TPSA) is 50.3 Å². The van der Waals surface area contributed by atoms with Gasteiger partial charge in [-0.05, 0) is 49.8 Å². The van der Waals surface area contributed by atoms with Crippen molar-refractivity contribution in [3.8, 4) is 17.0 Å². The van der Waals surface area contributed by atoms with Crippen molar-refractivity contribution in [2.24, 2.45) is 4.99 Å². The molecule has 0 saturated carbocycles. The van der Waals surface area contributed by atoms with Gasteiger partial charge in [0.2, 0.25) is 0 Å². The number of halogens is 1. The second kappa shape index (κ2) is 11.3. The lowest BCUT2D eigenvalue weighted by molar-refractivity contribution is 0.412. The molecule has 0 aliphatic rings. The van der Waals surface area contributed by atoms with Gasteiger partial charge < -0.3 is 4.74 Å². The number of aromatic amines is 1. The molecule has 2 aromatic rings. The molecule has 4 nitrogen and oxygen atoms in total. The van der Waals surface area contributed by atoms with Crippen LogP contribution in [0.25, 0.3) is 16.8 Å². The molecule has 25 heavy (non-hydrogen) atoms. The van der Waals surface area contributed by atoms with Crippen LogP contribution in [0.1, 0.15) is 24.6 Å². The highest BCUT2D eigenvalue weighted by Crippen LogP contribution is 2.27. The fourth-order valence-electron chi connectivity index (χ4n) is 2.32. The predicted molar refractivity (Wildman–Crippen MR) is 109 cm³/mol. The van der Waals surface area contributed by atoms with Crippen molar-refractivity contribution >= 4 is 23.4 Å². The summed E-state index contributed by atoms with van der Waals surface area (Å²) in [5.74, 6) is 0.865. The van der Waals surface area contributed by atoms with E-state index in [2.05, 4.69) is 39.4 Å². The third-order valence-electron chi connectivity index (χ3n) is 3.62. The summed E-state index contributed by atoms with van der Waals surface area (Å²) < 4.78 is 5.38. The molecule has 2 rings (SSSR count). The second-order valence-electron chi connectivity index (χ2n) is 5.17. The summed E-state index contributed by atoms with van der Waals surface area (Å²) in [7, 11) is 1.68. The fraction of sp³-hybridized carbons (Fsp3) is 0.300. The van der Waals surface area contributed by atoms with Gasteiger partial charge in [-0.1, -0.05) is 30.9 Å². The monoisotopic (exact) mass is 359 g/mol. The van der Waals surface area contributed by atoms with Crippen LogP contribution < -0.4 is 4.74 Å². The maximum absolute atomic E-state index is 5.38. The molecule has 0 unspecified atom stereocenters. The highest BCUT2D eigenvalue weighted by atomic mass is 35.5. The number of allylic oxidation sites excluding steroid dienone is 2. The summed E-state index contributed by atoms with van der Waals surface area (Å²) in [6, 6.07) is 8.11. The largest absolute Gasteiger partial charge is 0.496 e. The lowest BCUT2D eigenvalue weighted by Crippen LogP contribution is -1.88. The number of nitrogens with one attached hydrogen (secondary N) is 1. The number of methoxy groups -OCH3 is 1.